The van der Waals surface area contributed by atoms with Gasteiger partial charge < -0.3 is 0 Å². The molecule has 0 radical (unpaired) electrons. The zero-order valence-electron chi connectivity index (χ0n) is 19.9. The number of alkyl halides is 1. The molecule has 4 heterocycles. The van der Waals surface area contributed by atoms with Gasteiger partial charge in [0.25, 0.3) is 0 Å². The van der Waals surface area contributed by atoms with Gasteiger partial charge in [0.15, 0.2) is 0 Å². The van der Waals surface area contributed by atoms with Gasteiger partial charge in [0.05, 0.1) is 0 Å². The number of nitrogens with one attached hydrogen (secondary N) is 1. The van der Waals surface area contributed by atoms with Crippen LogP contribution in [0.15, 0.2) is 107 Å². The van der Waals surface area contributed by atoms with Crippen molar-refractivity contribution in [1.82, 2.24) is 0 Å². The number of benzene rings is 3. The van der Waals surface area contributed by atoms with Crippen molar-refractivity contribution in [3.8, 4) is 5.75 Å². The summed E-state index contributed by atoms with van der Waals surface area (Å²) in [5, 5.41) is 1.25. The van der Waals surface area contributed by atoms with E-state index in [4.69, 9.17) is 4.74 Å². The van der Waals surface area contributed by atoms with Crippen LogP contribution in [-0.2, 0) is 6.42 Å². The molecule has 3 nitrogen and oxygen atoms in total. The maximum atomic E-state index is 7.39. The van der Waals surface area contributed by atoms with Crippen molar-refractivity contribution in [1.29, 1.82) is 0 Å². The Morgan fingerprint density at radius 2 is 1.76 bits per heavy atom. The molecule has 2 aliphatic carbocycles. The Balaban J connectivity index is 1.49. The summed E-state index contributed by atoms with van der Waals surface area (Å²) in [5.74, 6) is 1.20. The molecule has 5 aliphatic rings. The molecule has 2 unspecified atom stereocenters. The van der Waals surface area contributed by atoms with Crippen molar-refractivity contribution in [3.05, 3.63) is 133 Å². The number of anilines is 1. The Hall–Kier alpha value is -2.91. The minimum absolute atomic E-state index is 0.0446. The van der Waals surface area contributed by atoms with Crippen LogP contribution in [0.4, 0.5) is 5.69 Å². The zero-order valence-corrected chi connectivity index (χ0v) is 24.3. The summed E-state index contributed by atoms with van der Waals surface area (Å²) in [4.78, 5) is 0. The Morgan fingerprint density at radius 3 is 2.76 bits per heavy atom. The molecule has 0 amide bonds. The normalized spacial score (nSPS) is 25.1. The van der Waals surface area contributed by atoms with Crippen LogP contribution in [0.3, 0.4) is 0 Å². The van der Waals surface area contributed by atoms with Crippen LogP contribution in [-0.4, -0.2) is 4.11 Å². The van der Waals surface area contributed by atoms with E-state index in [-0.39, 0.29) is 10.0 Å². The molecule has 0 saturated heterocycles. The second kappa shape index (κ2) is 7.14. The van der Waals surface area contributed by atoms with E-state index in [1.807, 2.05) is 0 Å². The Kier molecular flexibility index (Phi) is 4.07. The molecule has 2 bridgehead atoms. The number of ether oxygens (including phenoxy) is 1. The number of halogens is 2. The summed E-state index contributed by atoms with van der Waals surface area (Å²) in [6, 6.07) is 24.8. The van der Waals surface area contributed by atoms with Crippen LogP contribution in [0.25, 0.3) is 23.1 Å². The van der Waals surface area contributed by atoms with Crippen molar-refractivity contribution >= 4 is 42.4 Å². The van der Waals surface area contributed by atoms with Crippen molar-refractivity contribution in [3.63, 3.8) is 0 Å². The third kappa shape index (κ3) is 2.46. The van der Waals surface area contributed by atoms with Crippen LogP contribution in [0.5, 0.6) is 5.75 Å². The fourth-order valence-corrected chi connectivity index (χ4v) is 42.8. The molecule has 37 heavy (non-hydrogen) atoms. The average Bonchev–Trinajstić information content (AvgIpc) is 3.28. The number of pyridine rings is 1. The Bertz CT molecular complexity index is 1830. The van der Waals surface area contributed by atoms with Crippen LogP contribution >= 0.6 is 13.6 Å². The van der Waals surface area contributed by atoms with Gasteiger partial charge in [-0.25, -0.2) is 0 Å². The van der Waals surface area contributed by atoms with Crippen molar-refractivity contribution < 1.29 is 24.7 Å². The van der Waals surface area contributed by atoms with Gasteiger partial charge in [-0.1, -0.05) is 0 Å². The van der Waals surface area contributed by atoms with Crippen molar-refractivity contribution in [2.45, 2.75) is 16.4 Å². The molecule has 4 aromatic rings. The Morgan fingerprint density at radius 1 is 0.892 bits per heavy atom. The maximum absolute atomic E-state index is 7.39. The van der Waals surface area contributed by atoms with E-state index >= 15 is 0 Å². The number of hydrogen-bond donors (Lipinski definition) is 1. The van der Waals surface area contributed by atoms with Gasteiger partial charge in [0, 0.05) is 0 Å². The summed E-state index contributed by atoms with van der Waals surface area (Å²) >= 11 is -4.57. The second-order valence-electron chi connectivity index (χ2n) is 10.1. The molecule has 1 aromatic heterocycles. The number of hydrogen-bond acceptors (Lipinski definition) is 2. The van der Waals surface area contributed by atoms with Gasteiger partial charge in [-0.3, -0.25) is 0 Å². The number of nitrogens with zero attached hydrogens (tertiary/aromatic N) is 1. The van der Waals surface area contributed by atoms with E-state index in [1.165, 1.54) is 38.8 Å². The van der Waals surface area contributed by atoms with Crippen LogP contribution < -0.4 is 28.3 Å². The molecule has 3 aliphatic heterocycles. The summed E-state index contributed by atoms with van der Waals surface area (Å²) in [6.07, 6.45) is 19.6. The molecule has 9 rings (SSSR count). The van der Waals surface area contributed by atoms with Gasteiger partial charge in [0.2, 0.25) is 0 Å². The molecular formula is C32H24I2N2O. The van der Waals surface area contributed by atoms with Crippen LogP contribution in [0.1, 0.15) is 28.2 Å². The van der Waals surface area contributed by atoms with Gasteiger partial charge in [-0.2, -0.15) is 0 Å². The quantitative estimate of drug-likeness (QED) is 0.168. The van der Waals surface area contributed by atoms with E-state index in [1.54, 1.807) is 7.15 Å². The molecule has 0 saturated carbocycles. The molecule has 3 aromatic carbocycles. The first-order valence-electron chi connectivity index (χ1n) is 12.7. The molecule has 2 atom stereocenters. The van der Waals surface area contributed by atoms with Crippen LogP contribution in [0.2, 0.25) is 0 Å². The second-order valence-corrected chi connectivity index (χ2v) is 34.6. The Labute approximate surface area is 223 Å². The van der Waals surface area contributed by atoms with Crippen LogP contribution in [0, 0.1) is 3.57 Å². The summed E-state index contributed by atoms with van der Waals surface area (Å²) in [6.45, 7) is 0. The summed E-state index contributed by atoms with van der Waals surface area (Å²) in [5.41, 5.74) is 8.16. The number of aromatic nitrogens is 1. The summed E-state index contributed by atoms with van der Waals surface area (Å²) < 4.78 is 17.9. The number of allylic oxidation sites excluding steroid dienone is 5. The van der Waals surface area contributed by atoms with Crippen molar-refractivity contribution in [2.75, 3.05) is 3.53 Å². The van der Waals surface area contributed by atoms with Gasteiger partial charge in [-0.05, 0) is 0 Å². The fraction of sp³-hybridized carbons (Fsp3) is 0.0938. The van der Waals surface area contributed by atoms with Crippen molar-refractivity contribution in [2.24, 2.45) is 0 Å². The first-order valence-corrected chi connectivity index (χ1v) is 24.4. The predicted molar refractivity (Wildman–Crippen MR) is 155 cm³/mol. The summed E-state index contributed by atoms with van der Waals surface area (Å²) in [7, 11) is 0. The SMILES string of the molecule is C1=Cc2cccc3c2CC(=C1)I12(N3)[I-]c3cccc4c3C(C=CC=C4)C1Oc1cccc3ccc[n+]2c13. The molecule has 5 heteroatoms. The van der Waals surface area contributed by atoms with Gasteiger partial charge in [0.1, 0.15) is 0 Å². The molecule has 1 spiro atoms. The van der Waals surface area contributed by atoms with Gasteiger partial charge >= 0.3 is 226 Å². The molecule has 0 fully saturated rings. The third-order valence-electron chi connectivity index (χ3n) is 8.21. The van der Waals surface area contributed by atoms with E-state index in [9.17, 15) is 0 Å². The van der Waals surface area contributed by atoms with E-state index in [0.717, 1.165) is 12.2 Å². The third-order valence-corrected chi connectivity index (χ3v) is 40.6. The van der Waals surface area contributed by atoms with E-state index in [2.05, 4.69) is 122 Å². The number of para-hydroxylation sites is 1. The first-order chi connectivity index (χ1) is 18.3. The minimum atomic E-state index is -4.08. The molecule has 1 N–H and O–H groups in total. The van der Waals surface area contributed by atoms with E-state index in [0.29, 0.717) is 0 Å². The molecular weight excluding hydrogens is 682 g/mol. The first kappa shape index (κ1) is 21.1. The predicted octanol–water partition coefficient (Wildman–Crippen LogP) is 4.23. The topological polar surface area (TPSA) is 25.1 Å². The average molecular weight is 706 g/mol. The zero-order chi connectivity index (χ0) is 24.2. The number of rotatable bonds is 0. The standard InChI is InChI=1S/C32H24I2N2O/c1-2-15-25-30-22(8-1)11-4-16-27(30)33-34(24-14-3-9-21-10-5-17-28(35-34)26(21)20-24)32(25)37-29-18-6-12-23-13-7-19-36(34)31(23)29/h1-19,25,32,35H,20H2. The van der Waals surface area contributed by atoms with E-state index < -0.39 is 30.9 Å². The molecule has 182 valence electrons. The fourth-order valence-electron chi connectivity index (χ4n) is 6.65. The monoisotopic (exact) mass is 706 g/mol. The number of fused-ring (bicyclic) bond motifs is 2. The van der Waals surface area contributed by atoms with Gasteiger partial charge in [-0.15, -0.1) is 0 Å².